The van der Waals surface area contributed by atoms with E-state index >= 15 is 0 Å². The van der Waals surface area contributed by atoms with Gasteiger partial charge in [0.25, 0.3) is 0 Å². The maximum Gasteiger partial charge on any atom is 0.305 e. The number of rotatable bonds is 8. The van der Waals surface area contributed by atoms with Crippen LogP contribution >= 0.6 is 0 Å². The maximum atomic E-state index is 12.3. The molecule has 0 bridgehead atoms. The van der Waals surface area contributed by atoms with Crippen molar-refractivity contribution in [2.24, 2.45) is 0 Å². The first kappa shape index (κ1) is 21.6. The highest BCUT2D eigenvalue weighted by molar-refractivity contribution is 5.92. The number of nitrogens with one attached hydrogen (secondary N) is 1. The van der Waals surface area contributed by atoms with E-state index < -0.39 is 17.9 Å². The van der Waals surface area contributed by atoms with E-state index in [0.717, 1.165) is 0 Å². The van der Waals surface area contributed by atoms with Crippen LogP contribution in [-0.4, -0.2) is 45.0 Å². The van der Waals surface area contributed by atoms with E-state index in [-0.39, 0.29) is 42.4 Å². The molecule has 1 amide bonds. The summed E-state index contributed by atoms with van der Waals surface area (Å²) < 4.78 is 5.12. The lowest BCUT2D eigenvalue weighted by Gasteiger charge is -2.18. The van der Waals surface area contributed by atoms with Crippen LogP contribution in [0.25, 0.3) is 6.08 Å². The van der Waals surface area contributed by atoms with Crippen LogP contribution in [0.3, 0.4) is 0 Å². The fourth-order valence-corrected chi connectivity index (χ4v) is 2.49. The summed E-state index contributed by atoms with van der Waals surface area (Å²) in [5.41, 5.74) is 1.14. The summed E-state index contributed by atoms with van der Waals surface area (Å²) >= 11 is 0. The molecule has 0 aliphatic carbocycles. The third kappa shape index (κ3) is 6.76. The van der Waals surface area contributed by atoms with Crippen LogP contribution in [0.15, 0.2) is 42.5 Å². The Hall–Kier alpha value is -3.68. The highest BCUT2D eigenvalue weighted by Gasteiger charge is 2.15. The number of phenols is 4. The van der Waals surface area contributed by atoms with E-state index in [1.807, 2.05) is 0 Å². The van der Waals surface area contributed by atoms with Gasteiger partial charge in [-0.05, 0) is 47.9 Å². The molecule has 2 rings (SSSR count). The molecule has 0 aromatic heterocycles. The molecule has 5 N–H and O–H groups in total. The first-order chi connectivity index (χ1) is 13.8. The Balaban J connectivity index is 2.07. The van der Waals surface area contributed by atoms with Crippen molar-refractivity contribution in [2.75, 3.05) is 6.61 Å². The standard InChI is InChI=1S/C21H23NO7/c1-2-21(28)29-12-15(9-14-4-7-17(24)19(26)11-14)22-20(27)8-5-13-3-6-16(23)18(25)10-13/h3-8,10-11,15,23-26H,2,9,12H2,1H3,(H,22,27)/t15-/m0/s1. The third-order valence-electron chi connectivity index (χ3n) is 4.03. The van der Waals surface area contributed by atoms with Gasteiger partial charge in [-0.15, -0.1) is 0 Å². The normalized spacial score (nSPS) is 11.9. The molecule has 0 aliphatic rings. The summed E-state index contributed by atoms with van der Waals surface area (Å²) in [6.07, 6.45) is 3.15. The minimum atomic E-state index is -0.570. The van der Waals surface area contributed by atoms with Gasteiger partial charge >= 0.3 is 5.97 Å². The average Bonchev–Trinajstić information content (AvgIpc) is 2.69. The van der Waals surface area contributed by atoms with Gasteiger partial charge in [0.1, 0.15) is 6.61 Å². The second-order valence-electron chi connectivity index (χ2n) is 6.35. The van der Waals surface area contributed by atoms with Gasteiger partial charge in [0.2, 0.25) is 5.91 Å². The highest BCUT2D eigenvalue weighted by Crippen LogP contribution is 2.26. The van der Waals surface area contributed by atoms with Crippen molar-refractivity contribution < 1.29 is 34.8 Å². The number of amides is 1. The van der Waals surface area contributed by atoms with Crippen molar-refractivity contribution in [3.05, 3.63) is 53.6 Å². The van der Waals surface area contributed by atoms with E-state index in [1.165, 1.54) is 42.5 Å². The van der Waals surface area contributed by atoms with E-state index in [1.54, 1.807) is 13.0 Å². The summed E-state index contributed by atoms with van der Waals surface area (Å²) in [5.74, 6) is -1.98. The van der Waals surface area contributed by atoms with Gasteiger partial charge < -0.3 is 30.5 Å². The summed E-state index contributed by atoms with van der Waals surface area (Å²) in [5, 5.41) is 40.6. The quantitative estimate of drug-likeness (QED) is 0.260. The minimum absolute atomic E-state index is 0.0616. The maximum absolute atomic E-state index is 12.3. The zero-order valence-corrected chi connectivity index (χ0v) is 15.8. The summed E-state index contributed by atoms with van der Waals surface area (Å²) in [7, 11) is 0. The summed E-state index contributed by atoms with van der Waals surface area (Å²) in [6, 6.07) is 7.85. The van der Waals surface area contributed by atoms with Crippen LogP contribution < -0.4 is 5.32 Å². The van der Waals surface area contributed by atoms with Crippen LogP contribution in [-0.2, 0) is 20.7 Å². The van der Waals surface area contributed by atoms with Crippen molar-refractivity contribution in [2.45, 2.75) is 25.8 Å². The van der Waals surface area contributed by atoms with Crippen molar-refractivity contribution in [1.82, 2.24) is 5.32 Å². The third-order valence-corrected chi connectivity index (χ3v) is 4.03. The molecule has 154 valence electrons. The number of ether oxygens (including phenoxy) is 1. The van der Waals surface area contributed by atoms with Crippen LogP contribution in [0.1, 0.15) is 24.5 Å². The van der Waals surface area contributed by atoms with Crippen LogP contribution in [0.4, 0.5) is 0 Å². The molecular weight excluding hydrogens is 378 g/mol. The first-order valence-electron chi connectivity index (χ1n) is 8.95. The molecule has 2 aromatic carbocycles. The molecule has 0 radical (unpaired) electrons. The zero-order chi connectivity index (χ0) is 21.4. The molecule has 0 aliphatic heterocycles. The summed E-state index contributed by atoms with van der Waals surface area (Å²) in [6.45, 7) is 1.59. The molecule has 0 fully saturated rings. The predicted octanol–water partition coefficient (Wildman–Crippen LogP) is 2.20. The number of carbonyl (C=O) groups is 2. The second kappa shape index (κ2) is 10.0. The van der Waals surface area contributed by atoms with Gasteiger partial charge in [-0.25, -0.2) is 0 Å². The Morgan fingerprint density at radius 3 is 2.28 bits per heavy atom. The van der Waals surface area contributed by atoms with Gasteiger partial charge in [-0.3, -0.25) is 9.59 Å². The Kier molecular flexibility index (Phi) is 7.47. The fourth-order valence-electron chi connectivity index (χ4n) is 2.49. The SMILES string of the molecule is CCC(=O)OC[C@H](Cc1ccc(O)c(O)c1)NC(=O)C=Cc1ccc(O)c(O)c1. The molecule has 8 heteroatoms. The molecule has 0 spiro atoms. The average molecular weight is 401 g/mol. The largest absolute Gasteiger partial charge is 0.504 e. The molecule has 0 unspecified atom stereocenters. The number of esters is 1. The van der Waals surface area contributed by atoms with Gasteiger partial charge in [0, 0.05) is 12.5 Å². The molecule has 8 nitrogen and oxygen atoms in total. The first-order valence-corrected chi connectivity index (χ1v) is 8.95. The van der Waals surface area contributed by atoms with Gasteiger partial charge in [-0.2, -0.15) is 0 Å². The Morgan fingerprint density at radius 2 is 1.66 bits per heavy atom. The number of hydrogen-bond donors (Lipinski definition) is 5. The number of hydrogen-bond acceptors (Lipinski definition) is 7. The Labute approximate surface area is 167 Å². The number of benzene rings is 2. The zero-order valence-electron chi connectivity index (χ0n) is 15.8. The Morgan fingerprint density at radius 1 is 1.00 bits per heavy atom. The lowest BCUT2D eigenvalue weighted by atomic mass is 10.1. The second-order valence-corrected chi connectivity index (χ2v) is 6.35. The van der Waals surface area contributed by atoms with Crippen LogP contribution in [0, 0.1) is 0 Å². The van der Waals surface area contributed by atoms with E-state index in [0.29, 0.717) is 11.1 Å². The van der Waals surface area contributed by atoms with Gasteiger partial charge in [0.15, 0.2) is 23.0 Å². The van der Waals surface area contributed by atoms with Crippen LogP contribution in [0.5, 0.6) is 23.0 Å². The highest BCUT2D eigenvalue weighted by atomic mass is 16.5. The Bertz CT molecular complexity index is 908. The predicted molar refractivity (Wildman–Crippen MR) is 105 cm³/mol. The van der Waals surface area contributed by atoms with Crippen molar-refractivity contribution >= 4 is 18.0 Å². The van der Waals surface area contributed by atoms with Crippen molar-refractivity contribution in [1.29, 1.82) is 0 Å². The molecule has 2 aromatic rings. The van der Waals surface area contributed by atoms with Gasteiger partial charge in [-0.1, -0.05) is 19.1 Å². The van der Waals surface area contributed by atoms with Crippen LogP contribution in [0.2, 0.25) is 0 Å². The molecular formula is C21H23NO7. The number of phenolic OH excluding ortho intramolecular Hbond substituents is 4. The number of aromatic hydroxyl groups is 4. The lowest BCUT2D eigenvalue weighted by Crippen LogP contribution is -2.39. The fraction of sp³-hybridized carbons (Fsp3) is 0.238. The lowest BCUT2D eigenvalue weighted by molar-refractivity contribution is -0.144. The smallest absolute Gasteiger partial charge is 0.305 e. The van der Waals surface area contributed by atoms with Crippen molar-refractivity contribution in [3.8, 4) is 23.0 Å². The topological polar surface area (TPSA) is 136 Å². The van der Waals surface area contributed by atoms with E-state index in [9.17, 15) is 30.0 Å². The molecule has 29 heavy (non-hydrogen) atoms. The molecule has 0 heterocycles. The molecule has 0 saturated carbocycles. The van der Waals surface area contributed by atoms with Gasteiger partial charge in [0.05, 0.1) is 6.04 Å². The van der Waals surface area contributed by atoms with E-state index in [2.05, 4.69) is 5.32 Å². The molecule has 1 atom stereocenters. The number of carbonyl (C=O) groups excluding carboxylic acids is 2. The minimum Gasteiger partial charge on any atom is -0.504 e. The summed E-state index contributed by atoms with van der Waals surface area (Å²) in [4.78, 5) is 23.7. The van der Waals surface area contributed by atoms with Crippen molar-refractivity contribution in [3.63, 3.8) is 0 Å². The monoisotopic (exact) mass is 401 g/mol. The van der Waals surface area contributed by atoms with E-state index in [4.69, 9.17) is 4.74 Å². The molecule has 0 saturated heterocycles.